The summed E-state index contributed by atoms with van der Waals surface area (Å²) in [6, 6.07) is 14.7. The molecule has 11 heteroatoms. The first-order valence-corrected chi connectivity index (χ1v) is 13.3. The molecule has 0 aliphatic rings. The molecule has 0 spiro atoms. The number of thiocarbonyl (C=S) groups is 1. The van der Waals surface area contributed by atoms with Crippen molar-refractivity contribution in [3.63, 3.8) is 0 Å². The first kappa shape index (κ1) is 30.6. The van der Waals surface area contributed by atoms with Crippen molar-refractivity contribution in [2.45, 2.75) is 58.4 Å². The van der Waals surface area contributed by atoms with Gasteiger partial charge >= 0.3 is 6.18 Å². The first-order chi connectivity index (χ1) is 18.9. The summed E-state index contributed by atoms with van der Waals surface area (Å²) in [6.07, 6.45) is -0.367. The Bertz CT molecular complexity index is 1340. The molecule has 2 aromatic carbocycles. The number of amides is 1. The molecule has 1 heterocycles. The average Bonchev–Trinajstić information content (AvgIpc) is 3.32. The van der Waals surface area contributed by atoms with Crippen LogP contribution in [0.25, 0.3) is 0 Å². The van der Waals surface area contributed by atoms with Crippen molar-refractivity contribution in [1.29, 1.82) is 5.26 Å². The summed E-state index contributed by atoms with van der Waals surface area (Å²) >= 11 is 5.54. The standard InChI is InChI=1S/C29H33F3N6OS/c1-4-13-35-27(40)37(18-23-7-5-6-8-25(23)29(30,31)32)19-28(2,3)36-26(39)14-24-16-34-20-38(24)17-22-11-9-21(15-33)10-12-22/h5-12,16,20H,4,13-14,17-19H2,1-3H3,(H,35,40)(H,36,39). The van der Waals surface area contributed by atoms with Gasteiger partial charge in [0, 0.05) is 38.1 Å². The number of rotatable bonds is 11. The van der Waals surface area contributed by atoms with Gasteiger partial charge in [-0.25, -0.2) is 4.98 Å². The van der Waals surface area contributed by atoms with Gasteiger partial charge in [0.2, 0.25) is 5.91 Å². The van der Waals surface area contributed by atoms with Crippen molar-refractivity contribution in [3.05, 3.63) is 89.0 Å². The number of benzene rings is 2. The fourth-order valence-electron chi connectivity index (χ4n) is 4.31. The van der Waals surface area contributed by atoms with E-state index in [9.17, 15) is 18.0 Å². The molecular formula is C29H33F3N6OS. The van der Waals surface area contributed by atoms with Crippen LogP contribution in [0.1, 0.15) is 55.1 Å². The molecule has 0 aliphatic heterocycles. The SMILES string of the molecule is CCCNC(=S)N(Cc1ccccc1C(F)(F)F)CC(C)(C)NC(=O)Cc1cncn1Cc1ccc(C#N)cc1. The van der Waals surface area contributed by atoms with E-state index in [2.05, 4.69) is 21.7 Å². The van der Waals surface area contributed by atoms with Gasteiger partial charge in [-0.3, -0.25) is 4.79 Å². The fraction of sp³-hybridized carbons (Fsp3) is 0.379. The maximum absolute atomic E-state index is 13.7. The molecule has 0 radical (unpaired) electrons. The third kappa shape index (κ3) is 8.81. The van der Waals surface area contributed by atoms with Crippen molar-refractivity contribution < 1.29 is 18.0 Å². The van der Waals surface area contributed by atoms with Crippen LogP contribution in [0.2, 0.25) is 0 Å². The van der Waals surface area contributed by atoms with Crippen molar-refractivity contribution in [3.8, 4) is 6.07 Å². The molecule has 0 saturated carbocycles. The Balaban J connectivity index is 1.71. The van der Waals surface area contributed by atoms with E-state index in [1.54, 1.807) is 35.6 Å². The lowest BCUT2D eigenvalue weighted by Gasteiger charge is -2.35. The smallest absolute Gasteiger partial charge is 0.363 e. The van der Waals surface area contributed by atoms with Gasteiger partial charge in [-0.05, 0) is 61.8 Å². The van der Waals surface area contributed by atoms with E-state index >= 15 is 0 Å². The number of imidazole rings is 1. The molecule has 3 rings (SSSR count). The van der Waals surface area contributed by atoms with Gasteiger partial charge in [-0.1, -0.05) is 37.3 Å². The number of carbonyl (C=O) groups excluding carboxylic acids is 1. The molecule has 1 amide bonds. The van der Waals surface area contributed by atoms with E-state index in [1.165, 1.54) is 12.1 Å². The summed E-state index contributed by atoms with van der Waals surface area (Å²) in [5.74, 6) is -0.255. The Morgan fingerprint density at radius 1 is 1.15 bits per heavy atom. The lowest BCUT2D eigenvalue weighted by atomic mass is 10.0. The molecule has 0 unspecified atom stereocenters. The van der Waals surface area contributed by atoms with E-state index in [4.69, 9.17) is 17.5 Å². The lowest BCUT2D eigenvalue weighted by Crippen LogP contribution is -2.54. The van der Waals surface area contributed by atoms with Crippen molar-refractivity contribution in [2.24, 2.45) is 0 Å². The second kappa shape index (κ2) is 13.4. The minimum Gasteiger partial charge on any atom is -0.363 e. The van der Waals surface area contributed by atoms with E-state index in [-0.39, 0.29) is 31.0 Å². The number of nitrogens with zero attached hydrogens (tertiary/aromatic N) is 4. The molecule has 0 atom stereocenters. The predicted molar refractivity (Wildman–Crippen MR) is 151 cm³/mol. The predicted octanol–water partition coefficient (Wildman–Crippen LogP) is 5.05. The molecule has 3 aromatic rings. The van der Waals surface area contributed by atoms with Gasteiger partial charge in [-0.15, -0.1) is 0 Å². The Kier molecular flexibility index (Phi) is 10.3. The Morgan fingerprint density at radius 2 is 1.85 bits per heavy atom. The van der Waals surface area contributed by atoms with Gasteiger partial charge in [0.05, 0.1) is 35.5 Å². The van der Waals surface area contributed by atoms with E-state index in [0.717, 1.165) is 18.1 Å². The Hall–Kier alpha value is -3.91. The molecular weight excluding hydrogens is 537 g/mol. The van der Waals surface area contributed by atoms with Crippen molar-refractivity contribution in [2.75, 3.05) is 13.1 Å². The monoisotopic (exact) mass is 570 g/mol. The van der Waals surface area contributed by atoms with E-state index in [0.29, 0.717) is 29.5 Å². The highest BCUT2D eigenvalue weighted by molar-refractivity contribution is 7.80. The zero-order valence-corrected chi connectivity index (χ0v) is 23.6. The number of hydrogen-bond donors (Lipinski definition) is 2. The van der Waals surface area contributed by atoms with Crippen LogP contribution in [-0.2, 0) is 30.5 Å². The van der Waals surface area contributed by atoms with Crippen LogP contribution >= 0.6 is 12.2 Å². The highest BCUT2D eigenvalue weighted by Gasteiger charge is 2.34. The first-order valence-electron chi connectivity index (χ1n) is 12.9. The summed E-state index contributed by atoms with van der Waals surface area (Å²) in [5, 5.41) is 15.4. The zero-order valence-electron chi connectivity index (χ0n) is 22.8. The highest BCUT2D eigenvalue weighted by Crippen LogP contribution is 2.32. The van der Waals surface area contributed by atoms with Crippen molar-refractivity contribution >= 4 is 23.2 Å². The number of carbonyl (C=O) groups is 1. The van der Waals surface area contributed by atoms with E-state index in [1.807, 2.05) is 37.5 Å². The quantitative estimate of drug-likeness (QED) is 0.314. The molecule has 2 N–H and O–H groups in total. The van der Waals surface area contributed by atoms with Crippen LogP contribution in [0.3, 0.4) is 0 Å². The molecule has 40 heavy (non-hydrogen) atoms. The largest absolute Gasteiger partial charge is 0.416 e. The number of alkyl halides is 3. The van der Waals surface area contributed by atoms with Crippen LogP contribution in [-0.4, -0.2) is 44.1 Å². The van der Waals surface area contributed by atoms with Crippen molar-refractivity contribution in [1.82, 2.24) is 25.1 Å². The van der Waals surface area contributed by atoms with E-state index < -0.39 is 17.3 Å². The average molecular weight is 571 g/mol. The fourth-order valence-corrected chi connectivity index (χ4v) is 4.54. The van der Waals surface area contributed by atoms with Crippen LogP contribution in [0.5, 0.6) is 0 Å². The third-order valence-corrected chi connectivity index (χ3v) is 6.54. The zero-order chi connectivity index (χ0) is 29.3. The molecule has 0 fully saturated rings. The summed E-state index contributed by atoms with van der Waals surface area (Å²) in [4.78, 5) is 18.9. The summed E-state index contributed by atoms with van der Waals surface area (Å²) < 4.78 is 42.8. The second-order valence-corrected chi connectivity index (χ2v) is 10.6. The lowest BCUT2D eigenvalue weighted by molar-refractivity contribution is -0.138. The molecule has 0 aliphatic carbocycles. The number of nitrogens with one attached hydrogen (secondary N) is 2. The minimum absolute atomic E-state index is 0.0646. The summed E-state index contributed by atoms with van der Waals surface area (Å²) in [6.45, 7) is 6.77. The van der Waals surface area contributed by atoms with Gasteiger partial charge in [-0.2, -0.15) is 18.4 Å². The molecule has 212 valence electrons. The molecule has 0 bridgehead atoms. The topological polar surface area (TPSA) is 86.0 Å². The maximum Gasteiger partial charge on any atom is 0.416 e. The van der Waals surface area contributed by atoms with Gasteiger partial charge in [0.1, 0.15) is 0 Å². The molecule has 0 saturated heterocycles. The van der Waals surface area contributed by atoms with Gasteiger partial charge in [0.15, 0.2) is 5.11 Å². The Morgan fingerprint density at radius 3 is 2.50 bits per heavy atom. The summed E-state index contributed by atoms with van der Waals surface area (Å²) in [5.41, 5.74) is 0.799. The number of nitriles is 1. The molecule has 1 aromatic heterocycles. The summed E-state index contributed by atoms with van der Waals surface area (Å²) in [7, 11) is 0. The second-order valence-electron chi connectivity index (χ2n) is 10.2. The maximum atomic E-state index is 13.7. The number of aromatic nitrogens is 2. The van der Waals surface area contributed by atoms with Crippen LogP contribution in [0.15, 0.2) is 61.1 Å². The third-order valence-electron chi connectivity index (χ3n) is 6.14. The normalized spacial score (nSPS) is 11.5. The van der Waals surface area contributed by atoms with Crippen LogP contribution in [0, 0.1) is 11.3 Å². The van der Waals surface area contributed by atoms with Gasteiger partial charge < -0.3 is 20.1 Å². The van der Waals surface area contributed by atoms with Crippen LogP contribution < -0.4 is 10.6 Å². The molecule has 7 nitrogen and oxygen atoms in total. The van der Waals surface area contributed by atoms with Gasteiger partial charge in [0.25, 0.3) is 0 Å². The number of hydrogen-bond acceptors (Lipinski definition) is 4. The number of halogens is 3. The van der Waals surface area contributed by atoms with Crippen LogP contribution in [0.4, 0.5) is 13.2 Å². The minimum atomic E-state index is -4.49. The Labute approximate surface area is 238 Å². The highest BCUT2D eigenvalue weighted by atomic mass is 32.1.